The summed E-state index contributed by atoms with van der Waals surface area (Å²) in [5.74, 6) is -1.23. The molecule has 0 aliphatic carbocycles. The third kappa shape index (κ3) is 4.30. The number of benzene rings is 2. The molecule has 0 aliphatic rings. The molecular weight excluding hydrogens is 374 g/mol. The van der Waals surface area contributed by atoms with Crippen LogP contribution >= 0.6 is 11.3 Å². The molecule has 0 fully saturated rings. The lowest BCUT2D eigenvalue weighted by molar-refractivity contribution is -0.166. The number of esters is 1. The number of carbonyl (C=O) groups is 2. The standard InChI is InChI=1S/C22H21NO4S/c1-23(15-19-13-8-14-28-19)20(24)16-27-21(25)22(26,17-9-4-2-5-10-17)18-11-6-3-7-12-18/h2-14,26H,15-16H2,1H3. The van der Waals surface area contributed by atoms with E-state index in [1.807, 2.05) is 17.5 Å². The van der Waals surface area contributed by atoms with Gasteiger partial charge in [-0.2, -0.15) is 0 Å². The number of rotatable bonds is 7. The van der Waals surface area contributed by atoms with Crippen LogP contribution in [0.2, 0.25) is 0 Å². The van der Waals surface area contributed by atoms with Crippen molar-refractivity contribution in [2.75, 3.05) is 13.7 Å². The maximum Gasteiger partial charge on any atom is 0.348 e. The van der Waals surface area contributed by atoms with E-state index in [0.29, 0.717) is 17.7 Å². The molecule has 0 saturated heterocycles. The Balaban J connectivity index is 1.74. The maximum absolute atomic E-state index is 12.9. The lowest BCUT2D eigenvalue weighted by Gasteiger charge is -2.27. The van der Waals surface area contributed by atoms with Gasteiger partial charge in [0.15, 0.2) is 6.61 Å². The first kappa shape index (κ1) is 19.8. The minimum absolute atomic E-state index is 0.342. The molecular formula is C22H21NO4S. The number of hydrogen-bond acceptors (Lipinski definition) is 5. The molecule has 28 heavy (non-hydrogen) atoms. The summed E-state index contributed by atoms with van der Waals surface area (Å²) in [4.78, 5) is 27.7. The number of nitrogens with zero attached hydrogens (tertiary/aromatic N) is 1. The van der Waals surface area contributed by atoms with Crippen molar-refractivity contribution in [2.45, 2.75) is 12.1 Å². The van der Waals surface area contributed by atoms with Crippen molar-refractivity contribution in [3.8, 4) is 0 Å². The fraction of sp³-hybridized carbons (Fsp3) is 0.182. The molecule has 6 heteroatoms. The molecule has 144 valence electrons. The number of hydrogen-bond donors (Lipinski definition) is 1. The Bertz CT molecular complexity index is 871. The van der Waals surface area contributed by atoms with Gasteiger partial charge in [0.1, 0.15) is 0 Å². The predicted octanol–water partition coefficient (Wildman–Crippen LogP) is 3.19. The zero-order valence-corrected chi connectivity index (χ0v) is 16.3. The molecule has 0 atom stereocenters. The Morgan fingerprint density at radius 1 is 0.964 bits per heavy atom. The van der Waals surface area contributed by atoms with Gasteiger partial charge in [-0.3, -0.25) is 4.79 Å². The van der Waals surface area contributed by atoms with Crippen LogP contribution in [0.1, 0.15) is 16.0 Å². The molecule has 3 rings (SSSR count). The molecule has 0 bridgehead atoms. The largest absolute Gasteiger partial charge is 0.453 e. The van der Waals surface area contributed by atoms with E-state index in [1.54, 1.807) is 79.0 Å². The fourth-order valence-corrected chi connectivity index (χ4v) is 3.58. The van der Waals surface area contributed by atoms with E-state index >= 15 is 0 Å². The Hall–Kier alpha value is -2.96. The van der Waals surface area contributed by atoms with Gasteiger partial charge >= 0.3 is 5.97 Å². The van der Waals surface area contributed by atoms with Crippen molar-refractivity contribution in [3.05, 3.63) is 94.2 Å². The van der Waals surface area contributed by atoms with Gasteiger partial charge in [0, 0.05) is 11.9 Å². The Morgan fingerprint density at radius 3 is 2.04 bits per heavy atom. The monoisotopic (exact) mass is 395 g/mol. The van der Waals surface area contributed by atoms with Gasteiger partial charge in [0.25, 0.3) is 5.91 Å². The molecule has 1 aromatic heterocycles. The van der Waals surface area contributed by atoms with Crippen LogP contribution in [0.4, 0.5) is 0 Å². The van der Waals surface area contributed by atoms with Crippen LogP contribution in [0.5, 0.6) is 0 Å². The van der Waals surface area contributed by atoms with Gasteiger partial charge in [-0.1, -0.05) is 66.7 Å². The Morgan fingerprint density at radius 2 is 1.54 bits per heavy atom. The number of amides is 1. The van der Waals surface area contributed by atoms with Gasteiger partial charge in [-0.05, 0) is 22.6 Å². The lowest BCUT2D eigenvalue weighted by atomic mass is 9.86. The highest BCUT2D eigenvalue weighted by atomic mass is 32.1. The van der Waals surface area contributed by atoms with E-state index in [0.717, 1.165) is 4.88 Å². The van der Waals surface area contributed by atoms with E-state index in [9.17, 15) is 14.7 Å². The molecule has 1 heterocycles. The Labute approximate surface area is 167 Å². The number of thiophene rings is 1. The molecule has 2 aromatic carbocycles. The smallest absolute Gasteiger partial charge is 0.348 e. The van der Waals surface area contributed by atoms with Crippen LogP contribution in [0.3, 0.4) is 0 Å². The molecule has 0 radical (unpaired) electrons. The highest BCUT2D eigenvalue weighted by Crippen LogP contribution is 2.31. The first-order chi connectivity index (χ1) is 13.5. The summed E-state index contributed by atoms with van der Waals surface area (Å²) >= 11 is 1.55. The normalized spacial score (nSPS) is 11.1. The van der Waals surface area contributed by atoms with Crippen LogP contribution in [0.15, 0.2) is 78.2 Å². The molecule has 0 aliphatic heterocycles. The average molecular weight is 395 g/mol. The molecule has 0 saturated carbocycles. The first-order valence-electron chi connectivity index (χ1n) is 8.79. The zero-order valence-electron chi connectivity index (χ0n) is 15.4. The summed E-state index contributed by atoms with van der Waals surface area (Å²) in [6, 6.07) is 21.0. The van der Waals surface area contributed by atoms with E-state index in [1.165, 1.54) is 4.90 Å². The summed E-state index contributed by atoms with van der Waals surface area (Å²) in [5.41, 5.74) is -1.23. The molecule has 1 N–H and O–H groups in total. The maximum atomic E-state index is 12.9. The van der Waals surface area contributed by atoms with Crippen molar-refractivity contribution >= 4 is 23.2 Å². The highest BCUT2D eigenvalue weighted by Gasteiger charge is 2.41. The van der Waals surface area contributed by atoms with Gasteiger partial charge in [0.05, 0.1) is 6.54 Å². The summed E-state index contributed by atoms with van der Waals surface area (Å²) in [6.07, 6.45) is 0. The number of aliphatic hydroxyl groups is 1. The zero-order chi connectivity index (χ0) is 20.0. The number of likely N-dealkylation sites (N-methyl/N-ethyl adjacent to an activating group) is 1. The van der Waals surface area contributed by atoms with Crippen molar-refractivity contribution in [2.24, 2.45) is 0 Å². The number of ether oxygens (including phenoxy) is 1. The number of carbonyl (C=O) groups excluding carboxylic acids is 2. The van der Waals surface area contributed by atoms with E-state index < -0.39 is 18.2 Å². The molecule has 3 aromatic rings. The third-order valence-electron chi connectivity index (χ3n) is 4.40. The minimum Gasteiger partial charge on any atom is -0.453 e. The van der Waals surface area contributed by atoms with Crippen molar-refractivity contribution < 1.29 is 19.4 Å². The SMILES string of the molecule is CN(Cc1cccs1)C(=O)COC(=O)C(O)(c1ccccc1)c1ccccc1. The summed E-state index contributed by atoms with van der Waals surface area (Å²) < 4.78 is 5.24. The second-order valence-corrected chi connectivity index (χ2v) is 7.38. The van der Waals surface area contributed by atoms with Gasteiger partial charge in [-0.15, -0.1) is 11.3 Å². The fourth-order valence-electron chi connectivity index (χ4n) is 2.83. The van der Waals surface area contributed by atoms with Crippen LogP contribution in [-0.4, -0.2) is 35.5 Å². The van der Waals surface area contributed by atoms with Crippen molar-refractivity contribution in [1.29, 1.82) is 0 Å². The predicted molar refractivity (Wildman–Crippen MR) is 108 cm³/mol. The van der Waals surface area contributed by atoms with Crippen LogP contribution in [0, 0.1) is 0 Å². The van der Waals surface area contributed by atoms with E-state index in [2.05, 4.69) is 0 Å². The molecule has 5 nitrogen and oxygen atoms in total. The summed E-state index contributed by atoms with van der Waals surface area (Å²) in [5, 5.41) is 13.2. The van der Waals surface area contributed by atoms with Gasteiger partial charge < -0.3 is 14.7 Å². The molecule has 0 unspecified atom stereocenters. The quantitative estimate of drug-likeness (QED) is 0.624. The summed E-state index contributed by atoms with van der Waals surface area (Å²) in [7, 11) is 1.65. The summed E-state index contributed by atoms with van der Waals surface area (Å²) in [6.45, 7) is -0.00161. The second kappa shape index (κ2) is 8.82. The first-order valence-corrected chi connectivity index (χ1v) is 9.66. The average Bonchev–Trinajstić information content (AvgIpc) is 3.25. The molecule has 0 spiro atoms. The van der Waals surface area contributed by atoms with Gasteiger partial charge in [0.2, 0.25) is 5.60 Å². The van der Waals surface area contributed by atoms with E-state index in [-0.39, 0.29) is 5.91 Å². The van der Waals surface area contributed by atoms with Crippen molar-refractivity contribution in [3.63, 3.8) is 0 Å². The highest BCUT2D eigenvalue weighted by molar-refractivity contribution is 7.09. The van der Waals surface area contributed by atoms with Crippen LogP contribution < -0.4 is 0 Å². The Kier molecular flexibility index (Phi) is 6.23. The van der Waals surface area contributed by atoms with Gasteiger partial charge in [-0.25, -0.2) is 4.79 Å². The third-order valence-corrected chi connectivity index (χ3v) is 5.27. The van der Waals surface area contributed by atoms with Crippen LogP contribution in [0.25, 0.3) is 0 Å². The molecule has 1 amide bonds. The second-order valence-electron chi connectivity index (χ2n) is 6.35. The van der Waals surface area contributed by atoms with Crippen LogP contribution in [-0.2, 0) is 26.5 Å². The minimum atomic E-state index is -1.99. The van der Waals surface area contributed by atoms with Crippen molar-refractivity contribution in [1.82, 2.24) is 4.90 Å². The van der Waals surface area contributed by atoms with E-state index in [4.69, 9.17) is 4.74 Å². The lowest BCUT2D eigenvalue weighted by Crippen LogP contribution is -2.40. The topological polar surface area (TPSA) is 66.8 Å².